The van der Waals surface area contributed by atoms with Crippen LogP contribution < -0.4 is 11.1 Å². The highest BCUT2D eigenvalue weighted by atomic mass is 35.5. The number of carbonyl (C=O) groups excluding carboxylic acids is 1. The summed E-state index contributed by atoms with van der Waals surface area (Å²) < 4.78 is 2.39. The van der Waals surface area contributed by atoms with Crippen LogP contribution in [0.4, 0.5) is 0 Å². The second-order valence-electron chi connectivity index (χ2n) is 4.17. The molecule has 0 fully saturated rings. The maximum Gasteiger partial charge on any atom is 0.251 e. The first-order chi connectivity index (χ1) is 9.45. The molecule has 0 atom stereocenters. The number of halogens is 2. The van der Waals surface area contributed by atoms with Gasteiger partial charge in [0.15, 0.2) is 5.78 Å². The lowest BCUT2D eigenvalue weighted by Crippen LogP contribution is -2.28. The Balaban J connectivity index is 2.17. The standard InChI is InChI=1S/C13H10Cl2N2O3/c14-9-1-3-12(19)16(5-9)7-11(18)8-17-6-10(15)2-4-13(17)20/h1-6H,7-8H2. The van der Waals surface area contributed by atoms with E-state index >= 15 is 0 Å². The predicted octanol–water partition coefficient (Wildman–Crippen LogP) is 1.59. The van der Waals surface area contributed by atoms with Crippen molar-refractivity contribution in [2.75, 3.05) is 0 Å². The van der Waals surface area contributed by atoms with Crippen molar-refractivity contribution in [1.82, 2.24) is 9.13 Å². The van der Waals surface area contributed by atoms with E-state index in [1.165, 1.54) is 45.8 Å². The van der Waals surface area contributed by atoms with Gasteiger partial charge in [0.05, 0.1) is 23.1 Å². The Labute approximate surface area is 124 Å². The van der Waals surface area contributed by atoms with E-state index in [1.54, 1.807) is 0 Å². The molecule has 0 aliphatic rings. The smallest absolute Gasteiger partial charge is 0.251 e. The van der Waals surface area contributed by atoms with Gasteiger partial charge in [0.25, 0.3) is 11.1 Å². The molecule has 0 amide bonds. The minimum absolute atomic E-state index is 0.154. The molecular weight excluding hydrogens is 303 g/mol. The van der Waals surface area contributed by atoms with Crippen LogP contribution in [0.3, 0.4) is 0 Å². The molecule has 0 aliphatic heterocycles. The molecule has 0 unspecified atom stereocenters. The lowest BCUT2D eigenvalue weighted by molar-refractivity contribution is -0.120. The molecule has 2 aromatic rings. The topological polar surface area (TPSA) is 61.1 Å². The van der Waals surface area contributed by atoms with Crippen LogP contribution in [0, 0.1) is 0 Å². The van der Waals surface area contributed by atoms with Gasteiger partial charge >= 0.3 is 0 Å². The first-order valence-corrected chi connectivity index (χ1v) is 6.45. The van der Waals surface area contributed by atoms with Gasteiger partial charge in [0.1, 0.15) is 0 Å². The van der Waals surface area contributed by atoms with Gasteiger partial charge in [-0.1, -0.05) is 23.2 Å². The van der Waals surface area contributed by atoms with Crippen molar-refractivity contribution in [3.63, 3.8) is 0 Å². The number of rotatable bonds is 4. The molecule has 5 nitrogen and oxygen atoms in total. The van der Waals surface area contributed by atoms with Gasteiger partial charge in [-0.15, -0.1) is 0 Å². The first-order valence-electron chi connectivity index (χ1n) is 5.69. The fourth-order valence-electron chi connectivity index (χ4n) is 1.68. The highest BCUT2D eigenvalue weighted by molar-refractivity contribution is 6.30. The largest absolute Gasteiger partial charge is 0.307 e. The second-order valence-corrected chi connectivity index (χ2v) is 5.04. The van der Waals surface area contributed by atoms with Gasteiger partial charge in [-0.3, -0.25) is 14.4 Å². The van der Waals surface area contributed by atoms with Crippen molar-refractivity contribution < 1.29 is 4.79 Å². The average Bonchev–Trinajstić information content (AvgIpc) is 2.38. The molecule has 0 N–H and O–H groups in total. The molecule has 2 heterocycles. The predicted molar refractivity (Wildman–Crippen MR) is 76.4 cm³/mol. The molecule has 0 saturated carbocycles. The monoisotopic (exact) mass is 312 g/mol. The van der Waals surface area contributed by atoms with Crippen LogP contribution >= 0.6 is 23.2 Å². The summed E-state index contributed by atoms with van der Waals surface area (Å²) in [5.74, 6) is -0.307. The Bertz CT molecular complexity index is 701. The van der Waals surface area contributed by atoms with Crippen LogP contribution in [0.2, 0.25) is 10.0 Å². The Morgan fingerprint density at radius 2 is 1.25 bits per heavy atom. The van der Waals surface area contributed by atoms with Gasteiger partial charge in [0, 0.05) is 24.5 Å². The molecule has 0 radical (unpaired) electrons. The van der Waals surface area contributed by atoms with Crippen molar-refractivity contribution in [3.05, 3.63) is 67.4 Å². The molecule has 0 saturated heterocycles. The van der Waals surface area contributed by atoms with E-state index in [-0.39, 0.29) is 30.0 Å². The van der Waals surface area contributed by atoms with Crippen LogP contribution in [-0.2, 0) is 17.9 Å². The Morgan fingerprint density at radius 3 is 1.65 bits per heavy atom. The summed E-state index contributed by atoms with van der Waals surface area (Å²) in [6.45, 7) is -0.309. The van der Waals surface area contributed by atoms with Crippen LogP contribution in [0.1, 0.15) is 0 Å². The summed E-state index contributed by atoms with van der Waals surface area (Å²) in [7, 11) is 0. The fraction of sp³-hybridized carbons (Fsp3) is 0.154. The third-order valence-electron chi connectivity index (χ3n) is 2.59. The molecule has 0 aliphatic carbocycles. The van der Waals surface area contributed by atoms with Gasteiger partial charge in [0.2, 0.25) is 0 Å². The van der Waals surface area contributed by atoms with Gasteiger partial charge in [-0.25, -0.2) is 0 Å². The minimum Gasteiger partial charge on any atom is -0.307 e. The number of aromatic nitrogens is 2. The normalized spacial score (nSPS) is 10.5. The summed E-state index contributed by atoms with van der Waals surface area (Å²) in [4.78, 5) is 35.0. The Morgan fingerprint density at radius 1 is 0.850 bits per heavy atom. The molecule has 7 heteroatoms. The summed E-state index contributed by atoms with van der Waals surface area (Å²) in [6, 6.07) is 5.46. The quantitative estimate of drug-likeness (QED) is 0.861. The third-order valence-corrected chi connectivity index (χ3v) is 3.04. The van der Waals surface area contributed by atoms with Crippen LogP contribution in [-0.4, -0.2) is 14.9 Å². The summed E-state index contributed by atoms with van der Waals surface area (Å²) in [6.07, 6.45) is 2.76. The number of pyridine rings is 2. The highest BCUT2D eigenvalue weighted by Gasteiger charge is 2.08. The molecule has 0 aromatic carbocycles. The minimum atomic E-state index is -0.332. The maximum atomic E-state index is 11.9. The van der Waals surface area contributed by atoms with Crippen molar-refractivity contribution in [2.24, 2.45) is 0 Å². The molecule has 2 rings (SSSR count). The molecule has 0 bridgehead atoms. The maximum absolute atomic E-state index is 11.9. The SMILES string of the molecule is O=C(Cn1cc(Cl)ccc1=O)Cn1cc(Cl)ccc1=O. The number of ketones is 1. The number of carbonyl (C=O) groups is 1. The summed E-state index contributed by atoms with van der Waals surface area (Å²) >= 11 is 11.5. The summed E-state index contributed by atoms with van der Waals surface area (Å²) in [5.41, 5.74) is -0.664. The van der Waals surface area contributed by atoms with E-state index in [4.69, 9.17) is 23.2 Å². The van der Waals surface area contributed by atoms with E-state index < -0.39 is 0 Å². The lowest BCUT2D eigenvalue weighted by Gasteiger charge is -2.07. The molecular formula is C13H10Cl2N2O3. The zero-order valence-corrected chi connectivity index (χ0v) is 11.8. The average molecular weight is 313 g/mol. The van der Waals surface area contributed by atoms with E-state index in [9.17, 15) is 14.4 Å². The zero-order valence-electron chi connectivity index (χ0n) is 10.3. The second kappa shape index (κ2) is 6.07. The van der Waals surface area contributed by atoms with Crippen molar-refractivity contribution in [3.8, 4) is 0 Å². The molecule has 0 spiro atoms. The van der Waals surface area contributed by atoms with Gasteiger partial charge < -0.3 is 9.13 Å². The number of hydrogen-bond donors (Lipinski definition) is 0. The van der Waals surface area contributed by atoms with E-state index in [2.05, 4.69) is 0 Å². The number of hydrogen-bond acceptors (Lipinski definition) is 3. The molecule has 20 heavy (non-hydrogen) atoms. The Hall–Kier alpha value is -1.85. The van der Waals surface area contributed by atoms with Gasteiger partial charge in [-0.2, -0.15) is 0 Å². The lowest BCUT2D eigenvalue weighted by atomic mass is 10.3. The van der Waals surface area contributed by atoms with Crippen LogP contribution in [0.15, 0.2) is 46.2 Å². The van der Waals surface area contributed by atoms with E-state index in [1.807, 2.05) is 0 Å². The van der Waals surface area contributed by atoms with E-state index in [0.29, 0.717) is 10.0 Å². The van der Waals surface area contributed by atoms with Crippen molar-refractivity contribution in [1.29, 1.82) is 0 Å². The fourth-order valence-corrected chi connectivity index (χ4v) is 2.04. The van der Waals surface area contributed by atoms with Gasteiger partial charge in [-0.05, 0) is 12.1 Å². The molecule has 2 aromatic heterocycles. The number of Topliss-reactive ketones (excluding diaryl/α,β-unsaturated/α-hetero) is 1. The third kappa shape index (κ3) is 3.59. The number of nitrogens with zero attached hydrogens (tertiary/aromatic N) is 2. The van der Waals surface area contributed by atoms with Crippen molar-refractivity contribution in [2.45, 2.75) is 13.1 Å². The Kier molecular flexibility index (Phi) is 4.42. The van der Waals surface area contributed by atoms with Crippen LogP contribution in [0.5, 0.6) is 0 Å². The summed E-state index contributed by atoms with van der Waals surface area (Å²) in [5, 5.41) is 0.717. The highest BCUT2D eigenvalue weighted by Crippen LogP contribution is 2.05. The first kappa shape index (κ1) is 14.6. The van der Waals surface area contributed by atoms with Crippen LogP contribution in [0.25, 0.3) is 0 Å². The zero-order chi connectivity index (χ0) is 14.7. The van der Waals surface area contributed by atoms with Crippen molar-refractivity contribution >= 4 is 29.0 Å². The van der Waals surface area contributed by atoms with E-state index in [0.717, 1.165) is 0 Å². The molecule has 104 valence electrons.